The zero-order valence-electron chi connectivity index (χ0n) is 27.5. The Bertz CT molecular complexity index is 1450. The molecule has 4 aliphatic rings. The maximum atomic E-state index is 14.0. The van der Waals surface area contributed by atoms with Gasteiger partial charge in [0.15, 0.2) is 5.78 Å². The first kappa shape index (κ1) is 34.3. The van der Waals surface area contributed by atoms with Crippen LogP contribution >= 0.6 is 11.3 Å². The summed E-state index contributed by atoms with van der Waals surface area (Å²) in [6.07, 6.45) is 5.65. The van der Waals surface area contributed by atoms with Gasteiger partial charge < -0.3 is 14.6 Å². The minimum atomic E-state index is -3.83. The predicted octanol–water partition coefficient (Wildman–Crippen LogP) is 6.06. The van der Waals surface area contributed by atoms with E-state index in [1.165, 1.54) is 6.07 Å². The summed E-state index contributed by atoms with van der Waals surface area (Å²) in [5, 5.41) is 4.84. The average molecular weight is 657 g/mol. The van der Waals surface area contributed by atoms with E-state index in [1.54, 1.807) is 23.6 Å². The highest BCUT2D eigenvalue weighted by Gasteiger charge is 2.68. The van der Waals surface area contributed by atoms with Crippen LogP contribution in [0.4, 0.5) is 0 Å². The first-order valence-electron chi connectivity index (χ1n) is 16.5. The van der Waals surface area contributed by atoms with Crippen molar-refractivity contribution in [1.29, 1.82) is 0 Å². The Hall–Kier alpha value is -2.05. The Kier molecular flexibility index (Phi) is 10.4. The second kappa shape index (κ2) is 13.6. The molecular formula is C34H49BN2O6S2. The summed E-state index contributed by atoms with van der Waals surface area (Å²) in [7, 11) is -4.45. The summed E-state index contributed by atoms with van der Waals surface area (Å²) in [6, 6.07) is 10.7. The van der Waals surface area contributed by atoms with E-state index < -0.39 is 34.6 Å². The first-order valence-corrected chi connectivity index (χ1v) is 18.9. The van der Waals surface area contributed by atoms with Crippen LogP contribution in [0.25, 0.3) is 0 Å². The summed E-state index contributed by atoms with van der Waals surface area (Å²) in [5.74, 6) is -0.724. The number of benzene rings is 1. The molecule has 1 amide bonds. The van der Waals surface area contributed by atoms with E-state index in [1.807, 2.05) is 12.1 Å². The number of amides is 1. The number of carbonyl (C=O) groups excluding carboxylic acids is 2. The summed E-state index contributed by atoms with van der Waals surface area (Å²) < 4.78 is 42.0. The molecule has 3 aliphatic carbocycles. The van der Waals surface area contributed by atoms with E-state index in [4.69, 9.17) is 9.31 Å². The minimum Gasteiger partial charge on any atom is -0.404 e. The average Bonchev–Trinajstić information content (AvgIpc) is 3.66. The number of nitrogens with one attached hydrogen (secondary N) is 2. The molecule has 2 N–H and O–H groups in total. The minimum absolute atomic E-state index is 0.0267. The first-order chi connectivity index (χ1) is 21.2. The van der Waals surface area contributed by atoms with Gasteiger partial charge in [-0.25, -0.2) is 13.1 Å². The van der Waals surface area contributed by atoms with Crippen LogP contribution in [0.2, 0.25) is 0 Å². The number of hydrogen-bond donors (Lipinski definition) is 2. The zero-order chi connectivity index (χ0) is 32.6. The number of carbonyl (C=O) groups is 2. The number of sulfonamides is 1. The van der Waals surface area contributed by atoms with E-state index in [-0.39, 0.29) is 46.3 Å². The van der Waals surface area contributed by atoms with Gasteiger partial charge in [-0.05, 0) is 79.2 Å². The third-order valence-corrected chi connectivity index (χ3v) is 13.3. The largest absolute Gasteiger partial charge is 0.481 e. The van der Waals surface area contributed by atoms with Crippen LogP contribution in [0.3, 0.4) is 0 Å². The number of thiophene rings is 1. The van der Waals surface area contributed by atoms with Crippen molar-refractivity contribution in [2.45, 2.75) is 108 Å². The molecule has 0 radical (unpaired) electrons. The van der Waals surface area contributed by atoms with Crippen molar-refractivity contribution in [3.8, 4) is 0 Å². The molecule has 0 spiro atoms. The van der Waals surface area contributed by atoms with Crippen LogP contribution in [-0.2, 0) is 30.5 Å². The van der Waals surface area contributed by atoms with Gasteiger partial charge in [-0.2, -0.15) is 0 Å². The smallest absolute Gasteiger partial charge is 0.404 e. The Labute approximate surface area is 273 Å². The number of Topliss-reactive ketones (excluding diaryl/α,β-unsaturated/α-hetero) is 1. The van der Waals surface area contributed by atoms with E-state index in [0.717, 1.165) is 49.0 Å². The van der Waals surface area contributed by atoms with Gasteiger partial charge in [-0.15, -0.1) is 11.3 Å². The fraction of sp³-hybridized carbons (Fsp3) is 0.647. The van der Waals surface area contributed by atoms with Crippen LogP contribution in [0.5, 0.6) is 0 Å². The molecule has 8 nitrogen and oxygen atoms in total. The van der Waals surface area contributed by atoms with E-state index in [0.29, 0.717) is 23.8 Å². The van der Waals surface area contributed by atoms with Gasteiger partial charge in [0.2, 0.25) is 15.9 Å². The maximum Gasteiger partial charge on any atom is 0.481 e. The standard InChI is InChI=1S/C34H49BN2O6S2/c1-7-8-10-23-12-14-24(15-13-23)27(38)18-25(21-36-45(40,41)31-11-9-16-44-31)32(39)37-30(17-22(2)3)35-42-29-20-26-19-28(33(26,4)5)34(29,6)43-35/h9,11-16,22,25-26,28-30,36H,7-8,10,17-21H2,1-6H3,(H,37,39)/t25-,26+,28+,29+,30-,34-/m0/s1. The van der Waals surface area contributed by atoms with Crippen LogP contribution < -0.4 is 10.0 Å². The summed E-state index contributed by atoms with van der Waals surface area (Å²) in [6.45, 7) is 12.9. The Morgan fingerprint density at radius 1 is 1.11 bits per heavy atom. The highest BCUT2D eigenvalue weighted by Crippen LogP contribution is 2.65. The molecule has 3 saturated carbocycles. The van der Waals surface area contributed by atoms with E-state index >= 15 is 0 Å². The van der Waals surface area contributed by atoms with Crippen molar-refractivity contribution in [2.75, 3.05) is 6.54 Å². The third kappa shape index (κ3) is 7.27. The van der Waals surface area contributed by atoms with Crippen LogP contribution in [0.15, 0.2) is 46.0 Å². The molecule has 246 valence electrons. The molecule has 6 rings (SSSR count). The molecule has 1 saturated heterocycles. The molecule has 1 aromatic heterocycles. The number of hydrogen-bond acceptors (Lipinski definition) is 7. The lowest BCUT2D eigenvalue weighted by molar-refractivity contribution is -0.199. The molecule has 45 heavy (non-hydrogen) atoms. The van der Waals surface area contributed by atoms with Crippen molar-refractivity contribution in [2.24, 2.45) is 29.1 Å². The molecule has 2 bridgehead atoms. The SMILES string of the molecule is CCCCc1ccc(C(=O)C[C@@H](CNS(=O)(=O)c2cccs2)C(=O)N[C@@H](CC(C)C)B2O[C@@H]3C[C@H]4C[C@H](C4(C)C)[C@]3(C)O2)cc1. The van der Waals surface area contributed by atoms with Gasteiger partial charge in [-0.3, -0.25) is 9.59 Å². The van der Waals surface area contributed by atoms with Gasteiger partial charge in [0.25, 0.3) is 0 Å². The number of unbranched alkanes of at least 4 members (excludes halogenated alkanes) is 1. The van der Waals surface area contributed by atoms with Gasteiger partial charge >= 0.3 is 7.12 Å². The Morgan fingerprint density at radius 3 is 2.47 bits per heavy atom. The predicted molar refractivity (Wildman–Crippen MR) is 178 cm³/mol. The zero-order valence-corrected chi connectivity index (χ0v) is 29.1. The van der Waals surface area contributed by atoms with Gasteiger partial charge in [-0.1, -0.05) is 71.4 Å². The van der Waals surface area contributed by atoms with Crippen molar-refractivity contribution in [3.63, 3.8) is 0 Å². The van der Waals surface area contributed by atoms with E-state index in [2.05, 4.69) is 51.6 Å². The lowest BCUT2D eigenvalue weighted by Crippen LogP contribution is -2.65. The van der Waals surface area contributed by atoms with Crippen LogP contribution in [0.1, 0.15) is 96.0 Å². The van der Waals surface area contributed by atoms with Crippen LogP contribution in [-0.4, -0.2) is 51.4 Å². The van der Waals surface area contributed by atoms with Gasteiger partial charge in [0.1, 0.15) is 4.21 Å². The normalized spacial score (nSPS) is 26.6. The molecule has 6 atom stereocenters. The molecule has 2 heterocycles. The lowest BCUT2D eigenvalue weighted by atomic mass is 9.43. The number of ketones is 1. The fourth-order valence-corrected chi connectivity index (χ4v) is 9.77. The molecule has 11 heteroatoms. The molecule has 1 aliphatic heterocycles. The monoisotopic (exact) mass is 656 g/mol. The van der Waals surface area contributed by atoms with Gasteiger partial charge in [0.05, 0.1) is 23.6 Å². The summed E-state index contributed by atoms with van der Waals surface area (Å²) in [5.41, 5.74) is 1.45. The molecular weight excluding hydrogens is 607 g/mol. The second-order valence-electron chi connectivity index (χ2n) is 14.5. The molecule has 0 unspecified atom stereocenters. The van der Waals surface area contributed by atoms with E-state index in [9.17, 15) is 18.0 Å². The molecule has 1 aromatic carbocycles. The highest BCUT2D eigenvalue weighted by molar-refractivity contribution is 7.91. The van der Waals surface area contributed by atoms with Crippen LogP contribution in [0, 0.1) is 29.1 Å². The third-order valence-electron chi connectivity index (χ3n) is 10.5. The quantitative estimate of drug-likeness (QED) is 0.178. The Morgan fingerprint density at radius 2 is 1.84 bits per heavy atom. The lowest BCUT2D eigenvalue weighted by Gasteiger charge is -2.64. The summed E-state index contributed by atoms with van der Waals surface area (Å²) in [4.78, 5) is 27.5. The topological polar surface area (TPSA) is 111 Å². The van der Waals surface area contributed by atoms with Crippen molar-refractivity contribution < 1.29 is 27.3 Å². The molecule has 2 aromatic rings. The van der Waals surface area contributed by atoms with Crippen molar-refractivity contribution in [1.82, 2.24) is 10.0 Å². The highest BCUT2D eigenvalue weighted by atomic mass is 32.2. The second-order valence-corrected chi connectivity index (χ2v) is 17.4. The maximum absolute atomic E-state index is 14.0. The van der Waals surface area contributed by atoms with Crippen molar-refractivity contribution >= 4 is 40.2 Å². The fourth-order valence-electron chi connectivity index (χ4n) is 7.65. The van der Waals surface area contributed by atoms with Crippen molar-refractivity contribution in [3.05, 3.63) is 52.9 Å². The number of aryl methyl sites for hydroxylation is 1. The number of rotatable bonds is 15. The van der Waals surface area contributed by atoms with Gasteiger partial charge in [0, 0.05) is 18.5 Å². The molecule has 4 fully saturated rings. The summed E-state index contributed by atoms with van der Waals surface area (Å²) >= 11 is 1.10. The Balaban J connectivity index is 1.33.